The molecule has 0 aliphatic rings. The summed E-state index contributed by atoms with van der Waals surface area (Å²) in [4.78, 5) is 10.9. The minimum Gasteiger partial charge on any atom is -0.496 e. The summed E-state index contributed by atoms with van der Waals surface area (Å²) in [6.07, 6.45) is 1.67. The molecule has 0 amide bonds. The number of aryl methyl sites for hydroxylation is 1. The van der Waals surface area contributed by atoms with Crippen LogP contribution >= 0.6 is 0 Å². The summed E-state index contributed by atoms with van der Waals surface area (Å²) in [7, 11) is 1.64. The van der Waals surface area contributed by atoms with Gasteiger partial charge >= 0.3 is 5.97 Å². The molecule has 0 atom stereocenters. The summed E-state index contributed by atoms with van der Waals surface area (Å²) in [6.45, 7) is 1.97. The van der Waals surface area contributed by atoms with E-state index in [0.717, 1.165) is 28.3 Å². The Kier molecular flexibility index (Phi) is 3.80. The van der Waals surface area contributed by atoms with Crippen LogP contribution in [0.2, 0.25) is 0 Å². The molecular weight excluding hydrogens is 294 g/mol. The fraction of sp³-hybridized carbons (Fsp3) is 0.118. The van der Waals surface area contributed by atoms with Crippen LogP contribution in [0.25, 0.3) is 16.9 Å². The maximum atomic E-state index is 10.9. The molecule has 0 aliphatic carbocycles. The van der Waals surface area contributed by atoms with Crippen LogP contribution in [0, 0.1) is 6.92 Å². The number of ether oxygens (including phenoxy) is 1. The molecule has 0 saturated carbocycles. The number of benzene rings is 2. The van der Waals surface area contributed by atoms with Gasteiger partial charge in [-0.2, -0.15) is 0 Å². The minimum atomic E-state index is -0.957. The van der Waals surface area contributed by atoms with E-state index in [0.29, 0.717) is 0 Å². The number of aromatic carboxylic acids is 1. The lowest BCUT2D eigenvalue weighted by Gasteiger charge is -2.09. The first kappa shape index (κ1) is 14.8. The fourth-order valence-electron chi connectivity index (χ4n) is 2.41. The van der Waals surface area contributed by atoms with Gasteiger partial charge in [0.1, 0.15) is 5.75 Å². The molecule has 1 heterocycles. The summed E-state index contributed by atoms with van der Waals surface area (Å²) < 4.78 is 6.95. The summed E-state index contributed by atoms with van der Waals surface area (Å²) in [5.41, 5.74) is 3.76. The van der Waals surface area contributed by atoms with Crippen molar-refractivity contribution >= 4 is 5.97 Å². The molecule has 116 valence electrons. The van der Waals surface area contributed by atoms with Gasteiger partial charge in [0.25, 0.3) is 0 Å². The Morgan fingerprint density at radius 1 is 1.17 bits per heavy atom. The van der Waals surface area contributed by atoms with E-state index in [9.17, 15) is 4.79 Å². The second-order valence-corrected chi connectivity index (χ2v) is 5.07. The first-order valence-corrected chi connectivity index (χ1v) is 6.99. The molecule has 23 heavy (non-hydrogen) atoms. The largest absolute Gasteiger partial charge is 0.496 e. The van der Waals surface area contributed by atoms with Crippen molar-refractivity contribution in [2.75, 3.05) is 7.11 Å². The Morgan fingerprint density at radius 3 is 2.52 bits per heavy atom. The average Bonchev–Trinajstić information content (AvgIpc) is 3.04. The molecule has 2 aromatic carbocycles. The highest BCUT2D eigenvalue weighted by Gasteiger charge is 2.11. The number of carbonyl (C=O) groups is 1. The number of aromatic nitrogens is 3. The van der Waals surface area contributed by atoms with Crippen molar-refractivity contribution in [3.05, 3.63) is 59.8 Å². The van der Waals surface area contributed by atoms with E-state index in [2.05, 4.69) is 10.3 Å². The van der Waals surface area contributed by atoms with Gasteiger partial charge in [0, 0.05) is 5.56 Å². The predicted octanol–water partition coefficient (Wildman–Crippen LogP) is 2.95. The highest BCUT2D eigenvalue weighted by molar-refractivity contribution is 5.87. The van der Waals surface area contributed by atoms with E-state index in [1.54, 1.807) is 42.3 Å². The lowest BCUT2D eigenvalue weighted by Crippen LogP contribution is -2.01. The second kappa shape index (κ2) is 5.92. The standard InChI is InChI=1S/C17H15N3O3/c1-11-9-13(5-8-16(11)23-2)15-10-18-19-20(15)14-6-3-12(4-7-14)17(21)22/h3-10H,1-2H3,(H,21,22). The van der Waals surface area contributed by atoms with Crippen LogP contribution < -0.4 is 4.74 Å². The Hall–Kier alpha value is -3.15. The van der Waals surface area contributed by atoms with Crippen molar-refractivity contribution in [1.29, 1.82) is 0 Å². The summed E-state index contributed by atoms with van der Waals surface area (Å²) in [5.74, 6) is -0.139. The molecular formula is C17H15N3O3. The molecule has 3 rings (SSSR count). The van der Waals surface area contributed by atoms with Gasteiger partial charge in [-0.25, -0.2) is 9.48 Å². The maximum absolute atomic E-state index is 10.9. The highest BCUT2D eigenvalue weighted by Crippen LogP contribution is 2.27. The third-order valence-corrected chi connectivity index (χ3v) is 3.60. The zero-order chi connectivity index (χ0) is 16.4. The zero-order valence-corrected chi connectivity index (χ0v) is 12.7. The topological polar surface area (TPSA) is 77.2 Å². The van der Waals surface area contributed by atoms with Crippen LogP contribution in [-0.4, -0.2) is 33.2 Å². The summed E-state index contributed by atoms with van der Waals surface area (Å²) >= 11 is 0. The van der Waals surface area contributed by atoms with E-state index in [4.69, 9.17) is 9.84 Å². The van der Waals surface area contributed by atoms with Crippen molar-refractivity contribution in [2.24, 2.45) is 0 Å². The van der Waals surface area contributed by atoms with Gasteiger partial charge in [-0.05, 0) is 55.0 Å². The Labute approximate surface area is 133 Å². The van der Waals surface area contributed by atoms with Crippen LogP contribution in [-0.2, 0) is 0 Å². The maximum Gasteiger partial charge on any atom is 0.335 e. The number of rotatable bonds is 4. The van der Waals surface area contributed by atoms with Gasteiger partial charge < -0.3 is 9.84 Å². The molecule has 3 aromatic rings. The first-order valence-electron chi connectivity index (χ1n) is 6.99. The Bertz CT molecular complexity index is 854. The van der Waals surface area contributed by atoms with Crippen LogP contribution in [0.5, 0.6) is 5.75 Å². The van der Waals surface area contributed by atoms with Gasteiger partial charge in [0.05, 0.1) is 30.3 Å². The predicted molar refractivity (Wildman–Crippen MR) is 85.0 cm³/mol. The minimum absolute atomic E-state index is 0.232. The van der Waals surface area contributed by atoms with Crippen LogP contribution in [0.15, 0.2) is 48.7 Å². The Balaban J connectivity index is 2.02. The van der Waals surface area contributed by atoms with Gasteiger partial charge in [-0.1, -0.05) is 5.21 Å². The van der Waals surface area contributed by atoms with E-state index >= 15 is 0 Å². The molecule has 1 N–H and O–H groups in total. The van der Waals surface area contributed by atoms with Crippen molar-refractivity contribution in [3.63, 3.8) is 0 Å². The molecule has 0 saturated heterocycles. The molecule has 6 heteroatoms. The number of carboxylic acids is 1. The molecule has 6 nitrogen and oxygen atoms in total. The lowest BCUT2D eigenvalue weighted by atomic mass is 10.1. The van der Waals surface area contributed by atoms with Crippen molar-refractivity contribution < 1.29 is 14.6 Å². The number of nitrogens with zero attached hydrogens (tertiary/aromatic N) is 3. The molecule has 0 fully saturated rings. The van der Waals surface area contributed by atoms with Crippen molar-refractivity contribution in [1.82, 2.24) is 15.0 Å². The van der Waals surface area contributed by atoms with Crippen molar-refractivity contribution in [2.45, 2.75) is 6.92 Å². The van der Waals surface area contributed by atoms with E-state index in [1.807, 2.05) is 25.1 Å². The SMILES string of the molecule is COc1ccc(-c2cnnn2-c2ccc(C(=O)O)cc2)cc1C. The molecule has 1 aromatic heterocycles. The third-order valence-electron chi connectivity index (χ3n) is 3.60. The average molecular weight is 309 g/mol. The van der Waals surface area contributed by atoms with E-state index in [1.165, 1.54) is 0 Å². The summed E-state index contributed by atoms with van der Waals surface area (Å²) in [5, 5.41) is 17.0. The summed E-state index contributed by atoms with van der Waals surface area (Å²) in [6, 6.07) is 12.3. The lowest BCUT2D eigenvalue weighted by molar-refractivity contribution is 0.0697. The number of carboxylic acid groups (broad SMARTS) is 1. The van der Waals surface area contributed by atoms with Crippen molar-refractivity contribution in [3.8, 4) is 22.7 Å². The zero-order valence-electron chi connectivity index (χ0n) is 12.7. The van der Waals surface area contributed by atoms with Gasteiger partial charge in [-0.3, -0.25) is 0 Å². The number of methoxy groups -OCH3 is 1. The third kappa shape index (κ3) is 2.78. The normalized spacial score (nSPS) is 10.5. The van der Waals surface area contributed by atoms with E-state index < -0.39 is 5.97 Å². The molecule has 0 spiro atoms. The van der Waals surface area contributed by atoms with Crippen LogP contribution in [0.1, 0.15) is 15.9 Å². The molecule has 0 unspecified atom stereocenters. The van der Waals surface area contributed by atoms with Gasteiger partial charge in [0.2, 0.25) is 0 Å². The second-order valence-electron chi connectivity index (χ2n) is 5.07. The van der Waals surface area contributed by atoms with Gasteiger partial charge in [-0.15, -0.1) is 5.10 Å². The fourth-order valence-corrected chi connectivity index (χ4v) is 2.41. The highest BCUT2D eigenvalue weighted by atomic mass is 16.5. The molecule has 0 aliphatic heterocycles. The van der Waals surface area contributed by atoms with E-state index in [-0.39, 0.29) is 5.56 Å². The molecule has 0 bridgehead atoms. The quantitative estimate of drug-likeness (QED) is 0.801. The monoisotopic (exact) mass is 309 g/mol. The van der Waals surface area contributed by atoms with Crippen LogP contribution in [0.4, 0.5) is 0 Å². The first-order chi connectivity index (χ1) is 11.1. The number of hydrogen-bond acceptors (Lipinski definition) is 4. The Morgan fingerprint density at radius 2 is 1.91 bits per heavy atom. The smallest absolute Gasteiger partial charge is 0.335 e. The number of hydrogen-bond donors (Lipinski definition) is 1. The molecule has 0 radical (unpaired) electrons. The van der Waals surface area contributed by atoms with Gasteiger partial charge in [0.15, 0.2) is 0 Å². The van der Waals surface area contributed by atoms with Crippen LogP contribution in [0.3, 0.4) is 0 Å².